The van der Waals surface area contributed by atoms with Gasteiger partial charge in [0.2, 0.25) is 0 Å². The number of carbonyl (C=O) groups is 1. The van der Waals surface area contributed by atoms with Crippen LogP contribution in [0.25, 0.3) is 0 Å². The fourth-order valence-electron chi connectivity index (χ4n) is 3.57. The zero-order chi connectivity index (χ0) is 17.4. The summed E-state index contributed by atoms with van der Waals surface area (Å²) in [5.74, 6) is 0.793. The summed E-state index contributed by atoms with van der Waals surface area (Å²) < 4.78 is 7.33. The molecule has 2 heterocycles. The van der Waals surface area contributed by atoms with E-state index in [1.54, 1.807) is 19.5 Å². The lowest BCUT2D eigenvalue weighted by Crippen LogP contribution is -2.41. The Labute approximate surface area is 146 Å². The van der Waals surface area contributed by atoms with Crippen molar-refractivity contribution < 1.29 is 14.6 Å². The van der Waals surface area contributed by atoms with E-state index in [0.717, 1.165) is 18.4 Å². The van der Waals surface area contributed by atoms with Crippen LogP contribution in [0.1, 0.15) is 53.8 Å². The lowest BCUT2D eigenvalue weighted by Gasteiger charge is -2.38. The fourth-order valence-corrected chi connectivity index (χ4v) is 3.57. The van der Waals surface area contributed by atoms with Crippen molar-refractivity contribution in [2.24, 2.45) is 5.92 Å². The first-order valence-electron chi connectivity index (χ1n) is 8.80. The lowest BCUT2D eigenvalue weighted by molar-refractivity contribution is 0.0233. The first-order valence-corrected chi connectivity index (χ1v) is 8.80. The fraction of sp³-hybridized carbons (Fsp3) is 0.474. The molecule has 0 saturated heterocycles. The first-order chi connectivity index (χ1) is 12.2. The molecule has 4 rings (SSSR count). The zero-order valence-electron chi connectivity index (χ0n) is 14.3. The molecule has 132 valence electrons. The third-order valence-electron chi connectivity index (χ3n) is 5.19. The minimum Gasteiger partial charge on any atom is -0.495 e. The van der Waals surface area contributed by atoms with Gasteiger partial charge in [-0.15, -0.1) is 0 Å². The summed E-state index contributed by atoms with van der Waals surface area (Å²) in [5.41, 5.74) is 1.61. The van der Waals surface area contributed by atoms with Gasteiger partial charge in [-0.3, -0.25) is 9.78 Å². The molecule has 0 aliphatic heterocycles. The van der Waals surface area contributed by atoms with Crippen LogP contribution >= 0.6 is 0 Å². The normalized spacial score (nSPS) is 23.6. The molecule has 1 atom stereocenters. The molecule has 0 unspecified atom stereocenters. The second-order valence-corrected chi connectivity index (χ2v) is 7.03. The van der Waals surface area contributed by atoms with Crippen LogP contribution in [0.3, 0.4) is 0 Å². The van der Waals surface area contributed by atoms with E-state index in [4.69, 9.17) is 4.74 Å². The Morgan fingerprint density at radius 3 is 2.88 bits per heavy atom. The highest BCUT2D eigenvalue weighted by atomic mass is 16.5. The number of hydrogen-bond acceptors (Lipinski definition) is 4. The minimum absolute atomic E-state index is 0.0777. The molecule has 6 heteroatoms. The first kappa shape index (κ1) is 16.1. The van der Waals surface area contributed by atoms with Gasteiger partial charge in [0.05, 0.1) is 25.5 Å². The number of hydrogen-bond donors (Lipinski definition) is 2. The van der Waals surface area contributed by atoms with Crippen molar-refractivity contribution in [3.8, 4) is 5.75 Å². The average molecular weight is 341 g/mol. The number of methoxy groups -OCH3 is 1. The highest BCUT2D eigenvalue weighted by Crippen LogP contribution is 2.39. The molecule has 25 heavy (non-hydrogen) atoms. The zero-order valence-corrected chi connectivity index (χ0v) is 14.3. The number of nitrogens with one attached hydrogen (secondary N) is 1. The van der Waals surface area contributed by atoms with Crippen molar-refractivity contribution in [1.82, 2.24) is 14.9 Å². The Morgan fingerprint density at radius 1 is 1.40 bits per heavy atom. The van der Waals surface area contributed by atoms with Crippen molar-refractivity contribution in [3.63, 3.8) is 0 Å². The maximum Gasteiger partial charge on any atom is 0.268 e. The van der Waals surface area contributed by atoms with E-state index in [-0.39, 0.29) is 24.0 Å². The van der Waals surface area contributed by atoms with E-state index < -0.39 is 0 Å². The van der Waals surface area contributed by atoms with E-state index in [1.165, 1.54) is 0 Å². The van der Waals surface area contributed by atoms with Crippen molar-refractivity contribution in [2.75, 3.05) is 7.11 Å². The second kappa shape index (κ2) is 6.52. The minimum atomic E-state index is -0.279. The molecule has 6 nitrogen and oxygen atoms in total. The van der Waals surface area contributed by atoms with Crippen LogP contribution in [0.4, 0.5) is 0 Å². The van der Waals surface area contributed by atoms with Crippen molar-refractivity contribution in [3.05, 3.63) is 48.0 Å². The number of rotatable bonds is 6. The summed E-state index contributed by atoms with van der Waals surface area (Å²) in [5, 5.41) is 12.9. The largest absolute Gasteiger partial charge is 0.495 e. The van der Waals surface area contributed by atoms with Gasteiger partial charge in [0, 0.05) is 18.4 Å². The van der Waals surface area contributed by atoms with E-state index in [1.807, 2.05) is 24.4 Å². The summed E-state index contributed by atoms with van der Waals surface area (Å²) in [4.78, 5) is 17.1. The van der Waals surface area contributed by atoms with E-state index in [2.05, 4.69) is 14.9 Å². The van der Waals surface area contributed by atoms with Gasteiger partial charge in [-0.25, -0.2) is 0 Å². The molecule has 0 radical (unpaired) electrons. The molecule has 2 N–H and O–H groups in total. The molecule has 2 aromatic rings. The van der Waals surface area contributed by atoms with Crippen molar-refractivity contribution in [1.29, 1.82) is 0 Å². The Morgan fingerprint density at radius 2 is 2.20 bits per heavy atom. The Balaban J connectivity index is 1.57. The molecule has 0 spiro atoms. The lowest BCUT2D eigenvalue weighted by atomic mass is 9.75. The van der Waals surface area contributed by atoms with Gasteiger partial charge < -0.3 is 19.7 Å². The Hall–Kier alpha value is -2.34. The molecular weight excluding hydrogens is 318 g/mol. The Kier molecular flexibility index (Phi) is 4.21. The summed E-state index contributed by atoms with van der Waals surface area (Å²) >= 11 is 0. The predicted octanol–water partition coefficient (Wildman–Crippen LogP) is 2.47. The van der Waals surface area contributed by atoms with Gasteiger partial charge >= 0.3 is 0 Å². The maximum absolute atomic E-state index is 12.9. The van der Waals surface area contributed by atoms with Crippen LogP contribution in [-0.2, 0) is 0 Å². The third kappa shape index (κ3) is 3.26. The molecular formula is C19H23N3O3. The highest BCUT2D eigenvalue weighted by Gasteiger charge is 2.37. The number of pyridine rings is 1. The van der Waals surface area contributed by atoms with Gasteiger partial charge in [-0.05, 0) is 55.4 Å². The van der Waals surface area contributed by atoms with Crippen LogP contribution < -0.4 is 10.1 Å². The van der Waals surface area contributed by atoms with Crippen molar-refractivity contribution in [2.45, 2.75) is 43.9 Å². The second-order valence-electron chi connectivity index (χ2n) is 7.03. The molecule has 1 amide bonds. The van der Waals surface area contributed by atoms with Crippen molar-refractivity contribution >= 4 is 5.91 Å². The van der Waals surface area contributed by atoms with Crippen LogP contribution in [0.15, 0.2) is 36.8 Å². The molecule has 0 aromatic carbocycles. The quantitative estimate of drug-likeness (QED) is 0.846. The van der Waals surface area contributed by atoms with Crippen LogP contribution in [0, 0.1) is 5.92 Å². The molecule has 2 aliphatic carbocycles. The Bertz CT molecular complexity index is 763. The van der Waals surface area contributed by atoms with Crippen LogP contribution in [0.2, 0.25) is 0 Å². The van der Waals surface area contributed by atoms with Crippen LogP contribution in [-0.4, -0.2) is 33.8 Å². The van der Waals surface area contributed by atoms with Gasteiger partial charge in [0.1, 0.15) is 11.4 Å². The standard InChI is InChI=1S/C19H23N3O3/c1-25-16-9-13(10-20-11-16)18(12-7-15(23)8-12)21-19(24)17-3-2-6-22(17)14-4-5-14/h2-3,6,9-12,14-15,18,23H,4-5,7-8H2,1H3,(H,21,24)/t12?,15?,18-/m0/s1. The number of amides is 1. The number of aromatic nitrogens is 2. The van der Waals surface area contributed by atoms with E-state index in [9.17, 15) is 9.90 Å². The van der Waals surface area contributed by atoms with Gasteiger partial charge in [-0.1, -0.05) is 0 Å². The SMILES string of the molecule is COc1cncc([C@@H](NC(=O)c2cccn2C2CC2)C2CC(O)C2)c1. The highest BCUT2D eigenvalue weighted by molar-refractivity contribution is 5.93. The monoisotopic (exact) mass is 341 g/mol. The third-order valence-corrected chi connectivity index (χ3v) is 5.19. The number of carbonyl (C=O) groups excluding carboxylic acids is 1. The van der Waals surface area contributed by atoms with Crippen LogP contribution in [0.5, 0.6) is 5.75 Å². The van der Waals surface area contributed by atoms with E-state index >= 15 is 0 Å². The maximum atomic E-state index is 12.9. The number of aliphatic hydroxyl groups excluding tert-OH is 1. The van der Waals surface area contributed by atoms with Gasteiger partial charge in [-0.2, -0.15) is 0 Å². The molecule has 0 bridgehead atoms. The number of nitrogens with zero attached hydrogens (tertiary/aromatic N) is 2. The predicted molar refractivity (Wildman–Crippen MR) is 92.4 cm³/mol. The van der Waals surface area contributed by atoms with Gasteiger partial charge in [0.25, 0.3) is 5.91 Å². The smallest absolute Gasteiger partial charge is 0.268 e. The molecule has 2 saturated carbocycles. The topological polar surface area (TPSA) is 76.4 Å². The molecule has 2 fully saturated rings. The van der Waals surface area contributed by atoms with Gasteiger partial charge in [0.15, 0.2) is 0 Å². The summed E-state index contributed by atoms with van der Waals surface area (Å²) in [6.45, 7) is 0. The molecule has 2 aromatic heterocycles. The number of aliphatic hydroxyl groups is 1. The number of ether oxygens (including phenoxy) is 1. The molecule has 2 aliphatic rings. The summed E-state index contributed by atoms with van der Waals surface area (Å²) in [7, 11) is 1.60. The average Bonchev–Trinajstić information content (AvgIpc) is 3.33. The summed E-state index contributed by atoms with van der Waals surface area (Å²) in [6, 6.07) is 5.97. The van der Waals surface area contributed by atoms with E-state index in [0.29, 0.717) is 30.3 Å². The summed E-state index contributed by atoms with van der Waals surface area (Å²) in [6.07, 6.45) is 8.74.